The van der Waals surface area contributed by atoms with Gasteiger partial charge in [0.1, 0.15) is 0 Å². The van der Waals surface area contributed by atoms with E-state index < -0.39 is 0 Å². The van der Waals surface area contributed by atoms with Crippen LogP contribution in [0.4, 0.5) is 0 Å². The predicted octanol–water partition coefficient (Wildman–Crippen LogP) is 3.74. The minimum absolute atomic E-state index is 0.0484. The third-order valence-electron chi connectivity index (χ3n) is 2.45. The lowest BCUT2D eigenvalue weighted by atomic mass is 9.82. The average Bonchev–Trinajstić information content (AvgIpc) is 1.95. The lowest BCUT2D eigenvalue weighted by Crippen LogP contribution is -2.13. The smallest absolute Gasteiger partial charge is 0.182 e. The number of aryl methyl sites for hydroxylation is 1. The van der Waals surface area contributed by atoms with Crippen LogP contribution in [0.5, 0.6) is 5.75 Å². The van der Waals surface area contributed by atoms with Crippen molar-refractivity contribution < 1.29 is 5.11 Å². The molecule has 0 unspecified atom stereocenters. The van der Waals surface area contributed by atoms with Crippen molar-refractivity contribution in [2.75, 3.05) is 0 Å². The van der Waals surface area contributed by atoms with Gasteiger partial charge in [0, 0.05) is 5.56 Å². The maximum Gasteiger partial charge on any atom is 0.182 e. The molecule has 1 aromatic carbocycles. The maximum absolute atomic E-state index is 11.6. The first-order valence-corrected chi connectivity index (χ1v) is 4.61. The zero-order chi connectivity index (χ0) is 10.2. The largest absolute Gasteiger partial charge is 0.290 e. The quantitative estimate of drug-likeness (QED) is 0.575. The molecule has 1 radical (unpaired) electrons. The van der Waals surface area contributed by atoms with E-state index in [1.807, 2.05) is 19.9 Å². The molecule has 0 heterocycles. The lowest BCUT2D eigenvalue weighted by molar-refractivity contribution is 0.340. The van der Waals surface area contributed by atoms with Gasteiger partial charge in [0.15, 0.2) is 5.75 Å². The van der Waals surface area contributed by atoms with Gasteiger partial charge in [0.05, 0.1) is 0 Å². The van der Waals surface area contributed by atoms with Gasteiger partial charge in [0.2, 0.25) is 0 Å². The fourth-order valence-electron chi connectivity index (χ4n) is 1.72. The summed E-state index contributed by atoms with van der Waals surface area (Å²) in [7, 11) is 0. The molecule has 0 bridgehead atoms. The van der Waals surface area contributed by atoms with Crippen LogP contribution in [0.25, 0.3) is 0 Å². The minimum atomic E-state index is -0.0484. The Morgan fingerprint density at radius 1 is 1.08 bits per heavy atom. The molecule has 1 rings (SSSR count). The second kappa shape index (κ2) is 3.06. The highest BCUT2D eigenvalue weighted by molar-refractivity contribution is 5.46. The van der Waals surface area contributed by atoms with Crippen LogP contribution in [0.1, 0.15) is 37.5 Å². The van der Waals surface area contributed by atoms with Crippen LogP contribution >= 0.6 is 0 Å². The van der Waals surface area contributed by atoms with Gasteiger partial charge in [-0.1, -0.05) is 26.8 Å². The number of rotatable bonds is 0. The molecule has 13 heavy (non-hydrogen) atoms. The molecular formula is C12H17O. The summed E-state index contributed by atoms with van der Waals surface area (Å²) < 4.78 is 0. The molecule has 0 spiro atoms. The Bertz CT molecular complexity index is 319. The first-order valence-electron chi connectivity index (χ1n) is 4.61. The fraction of sp³-hybridized carbons (Fsp3) is 0.500. The molecule has 0 aromatic heterocycles. The Morgan fingerprint density at radius 3 is 2.00 bits per heavy atom. The van der Waals surface area contributed by atoms with Gasteiger partial charge in [-0.2, -0.15) is 0 Å². The zero-order valence-corrected chi connectivity index (χ0v) is 9.06. The summed E-state index contributed by atoms with van der Waals surface area (Å²) in [6.07, 6.45) is 0. The summed E-state index contributed by atoms with van der Waals surface area (Å²) in [4.78, 5) is 0. The second-order valence-electron chi connectivity index (χ2n) is 4.63. The van der Waals surface area contributed by atoms with Crippen LogP contribution in [0.2, 0.25) is 0 Å². The van der Waals surface area contributed by atoms with E-state index in [1.165, 1.54) is 5.56 Å². The van der Waals surface area contributed by atoms with Gasteiger partial charge < -0.3 is 0 Å². The molecule has 0 aliphatic carbocycles. The van der Waals surface area contributed by atoms with Crippen LogP contribution in [-0.2, 0) is 10.5 Å². The van der Waals surface area contributed by atoms with E-state index in [4.69, 9.17) is 0 Å². The molecule has 1 nitrogen and oxygen atoms in total. The van der Waals surface area contributed by atoms with Crippen LogP contribution in [0.3, 0.4) is 0 Å². The van der Waals surface area contributed by atoms with E-state index in [1.54, 1.807) is 6.07 Å². The summed E-state index contributed by atoms with van der Waals surface area (Å²) in [6.45, 7) is 10.3. The van der Waals surface area contributed by atoms with Gasteiger partial charge in [0.25, 0.3) is 0 Å². The van der Waals surface area contributed by atoms with Crippen molar-refractivity contribution in [1.82, 2.24) is 0 Å². The van der Waals surface area contributed by atoms with Crippen molar-refractivity contribution in [3.05, 3.63) is 28.8 Å². The third kappa shape index (κ3) is 1.85. The Morgan fingerprint density at radius 2 is 1.62 bits per heavy atom. The van der Waals surface area contributed by atoms with Crippen molar-refractivity contribution in [3.63, 3.8) is 0 Å². The first kappa shape index (κ1) is 10.1. The summed E-state index contributed by atoms with van der Waals surface area (Å²) in [5.41, 5.74) is 3.24. The molecule has 0 atom stereocenters. The second-order valence-corrected chi connectivity index (χ2v) is 4.63. The molecule has 71 valence electrons. The van der Waals surface area contributed by atoms with Crippen molar-refractivity contribution in [2.45, 2.75) is 40.0 Å². The Kier molecular flexibility index (Phi) is 2.38. The molecule has 1 aromatic rings. The first-order chi connectivity index (χ1) is 5.84. The molecule has 0 saturated carbocycles. The Balaban J connectivity index is 3.43. The number of benzene rings is 1. The van der Waals surface area contributed by atoms with Crippen LogP contribution in [-0.4, -0.2) is 0 Å². The summed E-state index contributed by atoms with van der Waals surface area (Å²) in [6, 6.07) is 3.57. The maximum atomic E-state index is 11.6. The van der Waals surface area contributed by atoms with Gasteiger partial charge >= 0.3 is 0 Å². The lowest BCUT2D eigenvalue weighted by Gasteiger charge is -2.22. The van der Waals surface area contributed by atoms with Crippen molar-refractivity contribution in [2.24, 2.45) is 0 Å². The molecule has 0 amide bonds. The summed E-state index contributed by atoms with van der Waals surface area (Å²) in [5.74, 6) is 0.163. The highest BCUT2D eigenvalue weighted by Gasteiger charge is 2.21. The molecule has 0 N–H and O–H groups in total. The van der Waals surface area contributed by atoms with Crippen molar-refractivity contribution in [1.29, 1.82) is 0 Å². The topological polar surface area (TPSA) is 19.9 Å². The average molecular weight is 177 g/mol. The minimum Gasteiger partial charge on any atom is -0.290 e. The number of hydrogen-bond donors (Lipinski definition) is 0. The monoisotopic (exact) mass is 177 g/mol. The molecule has 0 aliphatic heterocycles. The van der Waals surface area contributed by atoms with Gasteiger partial charge in [-0.05, 0) is 36.5 Å². The van der Waals surface area contributed by atoms with Gasteiger partial charge in [-0.15, -0.1) is 0 Å². The van der Waals surface area contributed by atoms with Gasteiger partial charge in [-0.25, -0.2) is 0 Å². The molecule has 1 heteroatoms. The van der Waals surface area contributed by atoms with Crippen molar-refractivity contribution in [3.8, 4) is 5.75 Å². The standard InChI is InChI=1S/C12H17O/c1-8-6-7-10(13)11(9(8)2)12(3,4)5/h6-7H,1-5H3. The van der Waals surface area contributed by atoms with Crippen LogP contribution in [0.15, 0.2) is 12.1 Å². The van der Waals surface area contributed by atoms with E-state index in [-0.39, 0.29) is 11.2 Å². The van der Waals surface area contributed by atoms with Crippen LogP contribution in [0, 0.1) is 13.8 Å². The fourth-order valence-corrected chi connectivity index (χ4v) is 1.72. The summed E-state index contributed by atoms with van der Waals surface area (Å²) >= 11 is 0. The Labute approximate surface area is 80.4 Å². The van der Waals surface area contributed by atoms with E-state index >= 15 is 0 Å². The SMILES string of the molecule is Cc1ccc([O])c(C(C)(C)C)c1C. The third-order valence-corrected chi connectivity index (χ3v) is 2.45. The summed E-state index contributed by atoms with van der Waals surface area (Å²) in [5, 5.41) is 11.6. The van der Waals surface area contributed by atoms with Gasteiger partial charge in [-0.3, -0.25) is 5.11 Å². The van der Waals surface area contributed by atoms with Crippen molar-refractivity contribution >= 4 is 0 Å². The molecular weight excluding hydrogens is 160 g/mol. The Hall–Kier alpha value is -0.980. The molecule has 0 aliphatic rings. The highest BCUT2D eigenvalue weighted by atomic mass is 16.3. The van der Waals surface area contributed by atoms with E-state index in [9.17, 15) is 5.11 Å². The van der Waals surface area contributed by atoms with E-state index in [2.05, 4.69) is 20.8 Å². The zero-order valence-electron chi connectivity index (χ0n) is 9.06. The van der Waals surface area contributed by atoms with E-state index in [0.717, 1.165) is 11.1 Å². The number of hydrogen-bond acceptors (Lipinski definition) is 0. The molecule has 0 saturated heterocycles. The molecule has 0 fully saturated rings. The normalized spacial score (nSPS) is 11.8. The highest BCUT2D eigenvalue weighted by Crippen LogP contribution is 2.34. The van der Waals surface area contributed by atoms with E-state index in [0.29, 0.717) is 0 Å². The predicted molar refractivity (Wildman–Crippen MR) is 54.7 cm³/mol. The van der Waals surface area contributed by atoms with Crippen LogP contribution < -0.4 is 0 Å².